The van der Waals surface area contributed by atoms with Gasteiger partial charge in [0.1, 0.15) is 6.61 Å². The largest absolute Gasteiger partial charge is 0.457 e. The van der Waals surface area contributed by atoms with E-state index < -0.39 is 12.0 Å². The van der Waals surface area contributed by atoms with Crippen molar-refractivity contribution in [2.75, 3.05) is 6.54 Å². The quantitative estimate of drug-likeness (QED) is 0.624. The standard InChI is InChI=1S/C18H14Cl2N2O4/c19-14-5-4-12(7-15(14)20)10-26-17(24)13-3-1-2-11(6-13)9-22-16(23)8-21-18(22)25/h1-7H,8-10H2,(H,21,25). The van der Waals surface area contributed by atoms with Crippen molar-refractivity contribution in [1.29, 1.82) is 0 Å². The van der Waals surface area contributed by atoms with Crippen molar-refractivity contribution in [3.63, 3.8) is 0 Å². The minimum Gasteiger partial charge on any atom is -0.457 e. The van der Waals surface area contributed by atoms with Gasteiger partial charge >= 0.3 is 12.0 Å². The molecule has 0 spiro atoms. The fourth-order valence-corrected chi connectivity index (χ4v) is 2.78. The number of benzene rings is 2. The summed E-state index contributed by atoms with van der Waals surface area (Å²) < 4.78 is 5.28. The molecule has 134 valence electrons. The number of nitrogens with zero attached hydrogens (tertiary/aromatic N) is 1. The van der Waals surface area contributed by atoms with E-state index in [9.17, 15) is 14.4 Å². The van der Waals surface area contributed by atoms with E-state index in [1.807, 2.05) is 0 Å². The summed E-state index contributed by atoms with van der Waals surface area (Å²) in [4.78, 5) is 36.6. The van der Waals surface area contributed by atoms with Crippen LogP contribution in [0.15, 0.2) is 42.5 Å². The Hall–Kier alpha value is -2.57. The number of nitrogens with one attached hydrogen (secondary N) is 1. The maximum absolute atomic E-state index is 12.2. The molecule has 26 heavy (non-hydrogen) atoms. The highest BCUT2D eigenvalue weighted by Crippen LogP contribution is 2.23. The topological polar surface area (TPSA) is 75.7 Å². The third kappa shape index (κ3) is 4.15. The van der Waals surface area contributed by atoms with Crippen LogP contribution < -0.4 is 5.32 Å². The number of urea groups is 1. The molecular weight excluding hydrogens is 379 g/mol. The van der Waals surface area contributed by atoms with Gasteiger partial charge in [0, 0.05) is 0 Å². The fraction of sp³-hybridized carbons (Fsp3) is 0.167. The summed E-state index contributed by atoms with van der Waals surface area (Å²) in [6, 6.07) is 11.1. The Bertz CT molecular complexity index is 869. The molecule has 1 aliphatic heterocycles. The van der Waals surface area contributed by atoms with Crippen LogP contribution in [0.25, 0.3) is 0 Å². The molecule has 0 unspecified atom stereocenters. The second kappa shape index (κ2) is 7.76. The minimum atomic E-state index is -0.518. The number of halogens is 2. The number of carbonyl (C=O) groups excluding carboxylic acids is 3. The van der Waals surface area contributed by atoms with E-state index >= 15 is 0 Å². The summed E-state index contributed by atoms with van der Waals surface area (Å²) >= 11 is 11.8. The number of imide groups is 1. The third-order valence-corrected chi connectivity index (χ3v) is 4.53. The summed E-state index contributed by atoms with van der Waals surface area (Å²) in [6.07, 6.45) is 0. The Morgan fingerprint density at radius 1 is 1.08 bits per heavy atom. The van der Waals surface area contributed by atoms with Gasteiger partial charge in [0.15, 0.2) is 0 Å². The lowest BCUT2D eigenvalue weighted by Crippen LogP contribution is -2.30. The van der Waals surface area contributed by atoms with Crippen LogP contribution in [0.2, 0.25) is 10.0 Å². The Kier molecular flexibility index (Phi) is 5.44. The fourth-order valence-electron chi connectivity index (χ4n) is 2.46. The average Bonchev–Trinajstić information content (AvgIpc) is 2.94. The summed E-state index contributed by atoms with van der Waals surface area (Å²) in [6.45, 7) is 0.135. The summed E-state index contributed by atoms with van der Waals surface area (Å²) in [5.41, 5.74) is 1.69. The third-order valence-electron chi connectivity index (χ3n) is 3.79. The number of carbonyl (C=O) groups is 3. The molecule has 0 aliphatic carbocycles. The predicted molar refractivity (Wildman–Crippen MR) is 96.0 cm³/mol. The summed E-state index contributed by atoms with van der Waals surface area (Å²) in [5.74, 6) is -0.822. The van der Waals surface area contributed by atoms with Gasteiger partial charge < -0.3 is 10.1 Å². The Morgan fingerprint density at radius 2 is 1.88 bits per heavy atom. The van der Waals surface area contributed by atoms with Gasteiger partial charge in [-0.05, 0) is 35.4 Å². The SMILES string of the molecule is O=C(OCc1ccc(Cl)c(Cl)c1)c1cccc(CN2C(=O)CNC2=O)c1. The van der Waals surface area contributed by atoms with Crippen LogP contribution in [0.3, 0.4) is 0 Å². The predicted octanol–water partition coefficient (Wildman–Crippen LogP) is 3.40. The zero-order chi connectivity index (χ0) is 18.7. The van der Waals surface area contributed by atoms with Crippen molar-refractivity contribution < 1.29 is 19.1 Å². The van der Waals surface area contributed by atoms with E-state index in [2.05, 4.69) is 5.32 Å². The molecule has 6 nitrogen and oxygen atoms in total. The molecule has 0 saturated carbocycles. The maximum Gasteiger partial charge on any atom is 0.338 e. The number of esters is 1. The van der Waals surface area contributed by atoms with Gasteiger partial charge in [-0.2, -0.15) is 0 Å². The maximum atomic E-state index is 12.2. The van der Waals surface area contributed by atoms with E-state index in [-0.39, 0.29) is 25.6 Å². The van der Waals surface area contributed by atoms with Crippen molar-refractivity contribution in [3.05, 3.63) is 69.2 Å². The average molecular weight is 393 g/mol. The smallest absolute Gasteiger partial charge is 0.338 e. The van der Waals surface area contributed by atoms with Crippen LogP contribution in [0, 0.1) is 0 Å². The first kappa shape index (κ1) is 18.2. The summed E-state index contributed by atoms with van der Waals surface area (Å²) in [5, 5.41) is 3.26. The van der Waals surface area contributed by atoms with Crippen LogP contribution in [0.4, 0.5) is 4.79 Å². The molecule has 8 heteroatoms. The van der Waals surface area contributed by atoms with Gasteiger partial charge in [0.05, 0.1) is 28.7 Å². The van der Waals surface area contributed by atoms with Gasteiger partial charge in [0.2, 0.25) is 5.91 Å². The normalized spacial score (nSPS) is 13.7. The first-order valence-electron chi connectivity index (χ1n) is 7.72. The van der Waals surface area contributed by atoms with Crippen molar-refractivity contribution in [2.24, 2.45) is 0 Å². The van der Waals surface area contributed by atoms with Crippen LogP contribution in [0.5, 0.6) is 0 Å². The Morgan fingerprint density at radius 3 is 2.58 bits per heavy atom. The van der Waals surface area contributed by atoms with Gasteiger partial charge in [-0.25, -0.2) is 9.59 Å². The highest BCUT2D eigenvalue weighted by atomic mass is 35.5. The lowest BCUT2D eigenvalue weighted by Gasteiger charge is -2.13. The minimum absolute atomic E-state index is 0.00970. The first-order chi connectivity index (χ1) is 12.4. The Balaban J connectivity index is 1.65. The molecule has 0 radical (unpaired) electrons. The number of hydrogen-bond donors (Lipinski definition) is 1. The first-order valence-corrected chi connectivity index (χ1v) is 8.48. The molecule has 1 N–H and O–H groups in total. The Labute approximate surface area is 159 Å². The van der Waals surface area contributed by atoms with Crippen molar-refractivity contribution >= 4 is 41.1 Å². The van der Waals surface area contributed by atoms with E-state index in [0.717, 1.165) is 4.90 Å². The zero-order valence-electron chi connectivity index (χ0n) is 13.5. The second-order valence-corrected chi connectivity index (χ2v) is 6.48. The molecule has 1 aliphatic rings. The molecule has 1 saturated heterocycles. The van der Waals surface area contributed by atoms with Crippen LogP contribution in [0.1, 0.15) is 21.5 Å². The van der Waals surface area contributed by atoms with E-state index in [1.54, 1.807) is 42.5 Å². The van der Waals surface area contributed by atoms with Crippen LogP contribution in [-0.2, 0) is 22.7 Å². The monoisotopic (exact) mass is 392 g/mol. The van der Waals surface area contributed by atoms with Crippen LogP contribution >= 0.6 is 23.2 Å². The molecule has 1 heterocycles. The van der Waals surface area contributed by atoms with Crippen LogP contribution in [-0.4, -0.2) is 29.4 Å². The highest BCUT2D eigenvalue weighted by molar-refractivity contribution is 6.42. The molecule has 0 bridgehead atoms. The highest BCUT2D eigenvalue weighted by Gasteiger charge is 2.28. The molecule has 3 rings (SSSR count). The molecule has 2 aromatic carbocycles. The van der Waals surface area contributed by atoms with Gasteiger partial charge in [-0.1, -0.05) is 41.4 Å². The molecule has 1 fully saturated rings. The van der Waals surface area contributed by atoms with Gasteiger partial charge in [-0.3, -0.25) is 9.69 Å². The molecule has 0 aromatic heterocycles. The number of rotatable bonds is 5. The van der Waals surface area contributed by atoms with Crippen molar-refractivity contribution in [3.8, 4) is 0 Å². The summed E-state index contributed by atoms with van der Waals surface area (Å²) in [7, 11) is 0. The van der Waals surface area contributed by atoms with Gasteiger partial charge in [-0.15, -0.1) is 0 Å². The molecule has 3 amide bonds. The molecular formula is C18H14Cl2N2O4. The second-order valence-electron chi connectivity index (χ2n) is 5.66. The number of amides is 3. The zero-order valence-corrected chi connectivity index (χ0v) is 15.0. The lowest BCUT2D eigenvalue weighted by molar-refractivity contribution is -0.125. The van der Waals surface area contributed by atoms with E-state index in [0.29, 0.717) is 26.7 Å². The number of ether oxygens (including phenoxy) is 1. The number of hydrogen-bond acceptors (Lipinski definition) is 4. The van der Waals surface area contributed by atoms with Crippen molar-refractivity contribution in [2.45, 2.75) is 13.2 Å². The van der Waals surface area contributed by atoms with E-state index in [4.69, 9.17) is 27.9 Å². The molecule has 0 atom stereocenters. The van der Waals surface area contributed by atoms with Crippen molar-refractivity contribution in [1.82, 2.24) is 10.2 Å². The molecule has 2 aromatic rings. The van der Waals surface area contributed by atoms with E-state index in [1.165, 1.54) is 0 Å². The lowest BCUT2D eigenvalue weighted by atomic mass is 10.1. The van der Waals surface area contributed by atoms with Gasteiger partial charge in [0.25, 0.3) is 0 Å².